The van der Waals surface area contributed by atoms with Crippen LogP contribution in [-0.4, -0.2) is 17.0 Å². The molecule has 1 N–H and O–H groups in total. The number of amides is 1. The van der Waals surface area contributed by atoms with Crippen LogP contribution < -0.4 is 10.2 Å². The second-order valence-corrected chi connectivity index (χ2v) is 5.78. The van der Waals surface area contributed by atoms with Crippen LogP contribution in [0.4, 0.5) is 5.88 Å². The Balaban J connectivity index is 1.58. The molecule has 8 nitrogen and oxygen atoms in total. The van der Waals surface area contributed by atoms with Gasteiger partial charge in [-0.1, -0.05) is 36.4 Å². The van der Waals surface area contributed by atoms with E-state index in [1.165, 1.54) is 18.3 Å². The van der Waals surface area contributed by atoms with Gasteiger partial charge in [0.15, 0.2) is 5.76 Å². The zero-order chi connectivity index (χ0) is 18.8. The van der Waals surface area contributed by atoms with E-state index in [-0.39, 0.29) is 11.7 Å². The lowest BCUT2D eigenvalue weighted by atomic mass is 9.87. The fraction of sp³-hybridized carbons (Fsp3) is 0.0526. The molecular weight excluding hydrogens is 350 g/mol. The lowest BCUT2D eigenvalue weighted by Crippen LogP contribution is -2.28. The number of nitrogens with zero attached hydrogens (tertiary/aromatic N) is 2. The number of hydrazone groups is 1. The molecule has 1 aromatic heterocycles. The van der Waals surface area contributed by atoms with Crippen LogP contribution in [0, 0.1) is 10.1 Å². The minimum Gasteiger partial charge on any atom is -0.457 e. The molecular formula is C19H13N3O5. The Morgan fingerprint density at radius 3 is 2.26 bits per heavy atom. The number of ether oxygens (including phenoxy) is 1. The average Bonchev–Trinajstić information content (AvgIpc) is 3.15. The van der Waals surface area contributed by atoms with Crippen molar-refractivity contribution in [2.45, 2.75) is 5.92 Å². The number of carbonyl (C=O) groups is 1. The van der Waals surface area contributed by atoms with Crippen LogP contribution in [0.2, 0.25) is 0 Å². The Kier molecular flexibility index (Phi) is 4.13. The molecule has 1 amide bonds. The van der Waals surface area contributed by atoms with Gasteiger partial charge in [-0.3, -0.25) is 14.9 Å². The van der Waals surface area contributed by atoms with Crippen molar-refractivity contribution in [3.8, 4) is 11.5 Å². The zero-order valence-corrected chi connectivity index (χ0v) is 13.9. The molecule has 0 radical (unpaired) electrons. The summed E-state index contributed by atoms with van der Waals surface area (Å²) in [6.07, 6.45) is 1.21. The van der Waals surface area contributed by atoms with Gasteiger partial charge >= 0.3 is 5.88 Å². The standard InChI is InChI=1S/C19H13N3O5/c23-19(21-20-11-12-9-10-17(26-12)22(24)25)18-13-5-1-3-7-15(13)27-16-8-4-2-6-14(16)18/h1-11,18H,(H,21,23). The number of hydrogen-bond acceptors (Lipinski definition) is 6. The fourth-order valence-electron chi connectivity index (χ4n) is 2.93. The number of benzene rings is 2. The largest absolute Gasteiger partial charge is 0.457 e. The van der Waals surface area contributed by atoms with E-state index in [4.69, 9.17) is 9.15 Å². The van der Waals surface area contributed by atoms with Gasteiger partial charge in [0.05, 0.1) is 18.2 Å². The fourth-order valence-corrected chi connectivity index (χ4v) is 2.93. The van der Waals surface area contributed by atoms with Crippen LogP contribution in [-0.2, 0) is 4.79 Å². The van der Waals surface area contributed by atoms with Gasteiger partial charge in [0, 0.05) is 11.1 Å². The number of nitrogens with one attached hydrogen (secondary N) is 1. The van der Waals surface area contributed by atoms with Crippen molar-refractivity contribution in [3.63, 3.8) is 0 Å². The van der Waals surface area contributed by atoms with Gasteiger partial charge in [-0.25, -0.2) is 5.43 Å². The van der Waals surface area contributed by atoms with E-state index in [0.717, 1.165) is 11.1 Å². The Labute approximate surface area is 153 Å². The summed E-state index contributed by atoms with van der Waals surface area (Å²) >= 11 is 0. The molecule has 0 unspecified atom stereocenters. The van der Waals surface area contributed by atoms with Gasteiger partial charge in [-0.2, -0.15) is 5.10 Å². The summed E-state index contributed by atoms with van der Waals surface area (Å²) in [7, 11) is 0. The van der Waals surface area contributed by atoms with E-state index in [2.05, 4.69) is 10.5 Å². The highest BCUT2D eigenvalue weighted by Crippen LogP contribution is 2.43. The van der Waals surface area contributed by atoms with Gasteiger partial charge in [0.1, 0.15) is 16.4 Å². The second-order valence-electron chi connectivity index (χ2n) is 5.78. The summed E-state index contributed by atoms with van der Waals surface area (Å²) in [6, 6.07) is 17.2. The van der Waals surface area contributed by atoms with Crippen LogP contribution in [0.5, 0.6) is 11.5 Å². The van der Waals surface area contributed by atoms with Gasteiger partial charge in [0.2, 0.25) is 0 Å². The van der Waals surface area contributed by atoms with Gasteiger partial charge in [0.25, 0.3) is 5.91 Å². The lowest BCUT2D eigenvalue weighted by molar-refractivity contribution is -0.402. The van der Waals surface area contributed by atoms with Crippen LogP contribution in [0.1, 0.15) is 22.8 Å². The van der Waals surface area contributed by atoms with Crippen molar-refractivity contribution in [2.75, 3.05) is 0 Å². The van der Waals surface area contributed by atoms with E-state index in [1.54, 1.807) is 12.1 Å². The number of rotatable bonds is 4. The normalized spacial score (nSPS) is 12.9. The number of carbonyl (C=O) groups excluding carboxylic acids is 1. The van der Waals surface area contributed by atoms with Crippen molar-refractivity contribution in [2.24, 2.45) is 5.10 Å². The lowest BCUT2D eigenvalue weighted by Gasteiger charge is -2.26. The second kappa shape index (κ2) is 6.75. The van der Waals surface area contributed by atoms with Crippen molar-refractivity contribution in [1.29, 1.82) is 0 Å². The van der Waals surface area contributed by atoms with Crippen molar-refractivity contribution in [3.05, 3.63) is 87.7 Å². The first-order valence-corrected chi connectivity index (χ1v) is 8.06. The summed E-state index contributed by atoms with van der Waals surface area (Å²) in [6.45, 7) is 0. The minimum absolute atomic E-state index is 0.162. The number of para-hydroxylation sites is 2. The van der Waals surface area contributed by atoms with Crippen molar-refractivity contribution >= 4 is 18.0 Å². The van der Waals surface area contributed by atoms with Crippen LogP contribution >= 0.6 is 0 Å². The molecule has 27 heavy (non-hydrogen) atoms. The topological polar surface area (TPSA) is 107 Å². The first-order valence-electron chi connectivity index (χ1n) is 8.06. The first kappa shape index (κ1) is 16.5. The van der Waals surface area contributed by atoms with E-state index < -0.39 is 16.7 Å². The quantitative estimate of drug-likeness (QED) is 0.433. The summed E-state index contributed by atoms with van der Waals surface area (Å²) in [5, 5.41) is 14.5. The van der Waals surface area contributed by atoms with Gasteiger partial charge in [-0.15, -0.1) is 0 Å². The zero-order valence-electron chi connectivity index (χ0n) is 13.9. The highest BCUT2D eigenvalue weighted by molar-refractivity contribution is 5.90. The van der Waals surface area contributed by atoms with E-state index in [1.807, 2.05) is 36.4 Å². The van der Waals surface area contributed by atoms with Crippen LogP contribution in [0.3, 0.4) is 0 Å². The molecule has 134 valence electrons. The molecule has 0 fully saturated rings. The molecule has 3 aromatic rings. The molecule has 0 saturated carbocycles. The summed E-state index contributed by atoms with van der Waals surface area (Å²) in [5.41, 5.74) is 3.93. The maximum atomic E-state index is 12.8. The number of furan rings is 1. The Bertz CT molecular complexity index is 1010. The van der Waals surface area contributed by atoms with E-state index >= 15 is 0 Å². The van der Waals surface area contributed by atoms with E-state index in [0.29, 0.717) is 11.5 Å². The molecule has 0 bridgehead atoms. The Morgan fingerprint density at radius 1 is 1.04 bits per heavy atom. The molecule has 2 heterocycles. The van der Waals surface area contributed by atoms with Gasteiger partial charge < -0.3 is 9.15 Å². The smallest absolute Gasteiger partial charge is 0.433 e. The first-order chi connectivity index (χ1) is 13.1. The SMILES string of the molecule is O=C(NN=Cc1ccc([N+](=O)[O-])o1)C1c2ccccc2Oc2ccccc21. The molecule has 0 atom stereocenters. The Hall–Kier alpha value is -3.94. The third-order valence-corrected chi connectivity index (χ3v) is 4.10. The molecule has 0 saturated heterocycles. The highest BCUT2D eigenvalue weighted by Gasteiger charge is 2.32. The molecule has 0 spiro atoms. The van der Waals surface area contributed by atoms with Gasteiger partial charge in [-0.05, 0) is 18.2 Å². The van der Waals surface area contributed by atoms with Crippen molar-refractivity contribution in [1.82, 2.24) is 5.43 Å². The number of nitro groups is 1. The summed E-state index contributed by atoms with van der Waals surface area (Å²) < 4.78 is 10.8. The molecule has 1 aliphatic rings. The predicted octanol–water partition coefficient (Wildman–Crippen LogP) is 3.58. The third-order valence-electron chi connectivity index (χ3n) is 4.10. The summed E-state index contributed by atoms with van der Waals surface area (Å²) in [4.78, 5) is 22.8. The Morgan fingerprint density at radius 2 is 1.67 bits per heavy atom. The molecule has 2 aromatic carbocycles. The van der Waals surface area contributed by atoms with Crippen LogP contribution in [0.15, 0.2) is 70.2 Å². The van der Waals surface area contributed by atoms with Crippen molar-refractivity contribution < 1.29 is 18.9 Å². The minimum atomic E-state index is -0.647. The molecule has 0 aliphatic carbocycles. The summed E-state index contributed by atoms with van der Waals surface area (Å²) in [5.74, 6) is 0.0542. The molecule has 1 aliphatic heterocycles. The number of hydrogen-bond donors (Lipinski definition) is 1. The predicted molar refractivity (Wildman–Crippen MR) is 95.9 cm³/mol. The molecule has 8 heteroatoms. The highest BCUT2D eigenvalue weighted by atomic mass is 16.6. The maximum absolute atomic E-state index is 12.8. The van der Waals surface area contributed by atoms with E-state index in [9.17, 15) is 14.9 Å². The third kappa shape index (κ3) is 3.15. The number of fused-ring (bicyclic) bond motifs is 2. The average molecular weight is 363 g/mol. The monoisotopic (exact) mass is 363 g/mol. The maximum Gasteiger partial charge on any atom is 0.433 e. The molecule has 4 rings (SSSR count). The van der Waals surface area contributed by atoms with Crippen LogP contribution in [0.25, 0.3) is 0 Å².